The van der Waals surface area contributed by atoms with Crippen LogP contribution in [0.1, 0.15) is 19.4 Å². The van der Waals surface area contributed by atoms with Crippen molar-refractivity contribution in [2.45, 2.75) is 20.8 Å². The lowest BCUT2D eigenvalue weighted by atomic mass is 10.2. The number of aryl methyl sites for hydroxylation is 1. The number of nitrogens with one attached hydrogen (secondary N) is 1. The quantitative estimate of drug-likeness (QED) is 0.844. The second-order valence-electron chi connectivity index (χ2n) is 5.33. The minimum atomic E-state index is -0.0551. The van der Waals surface area contributed by atoms with E-state index in [9.17, 15) is 4.79 Å². The third-order valence-corrected chi connectivity index (χ3v) is 3.54. The van der Waals surface area contributed by atoms with Gasteiger partial charge in [-0.05, 0) is 50.6 Å². The van der Waals surface area contributed by atoms with Gasteiger partial charge < -0.3 is 15.0 Å². The Balaban J connectivity index is 2.06. The molecule has 0 aliphatic carbocycles. The maximum Gasteiger partial charge on any atom is 0.243 e. The lowest BCUT2D eigenvalue weighted by Gasteiger charge is -2.23. The number of nitrogens with zero attached hydrogens (tertiary/aromatic N) is 1. The number of anilines is 2. The van der Waals surface area contributed by atoms with Crippen molar-refractivity contribution in [1.29, 1.82) is 0 Å². The molecule has 4 nitrogen and oxygen atoms in total. The highest BCUT2D eigenvalue weighted by Crippen LogP contribution is 2.24. The predicted molar refractivity (Wildman–Crippen MR) is 95.3 cm³/mol. The van der Waals surface area contributed by atoms with E-state index in [-0.39, 0.29) is 5.91 Å². The Bertz CT molecular complexity index is 655. The van der Waals surface area contributed by atoms with E-state index in [0.717, 1.165) is 12.2 Å². The normalized spacial score (nSPS) is 10.2. The molecule has 0 unspecified atom stereocenters. The van der Waals surface area contributed by atoms with Crippen molar-refractivity contribution in [3.63, 3.8) is 0 Å². The molecule has 0 spiro atoms. The Morgan fingerprint density at radius 1 is 1.13 bits per heavy atom. The van der Waals surface area contributed by atoms with Gasteiger partial charge in [-0.15, -0.1) is 0 Å². The molecule has 0 saturated carbocycles. The van der Waals surface area contributed by atoms with Crippen LogP contribution in [0.25, 0.3) is 0 Å². The number of likely N-dealkylation sites (N-methyl/N-ethyl adjacent to an activating group) is 1. The first-order valence-electron chi connectivity index (χ1n) is 7.97. The number of amides is 1. The van der Waals surface area contributed by atoms with Crippen LogP contribution in [0, 0.1) is 6.92 Å². The molecular weight excluding hydrogens is 288 g/mol. The zero-order valence-corrected chi connectivity index (χ0v) is 14.0. The average molecular weight is 312 g/mol. The summed E-state index contributed by atoms with van der Waals surface area (Å²) in [6.07, 6.45) is 0. The summed E-state index contributed by atoms with van der Waals surface area (Å²) in [4.78, 5) is 14.4. The van der Waals surface area contributed by atoms with Gasteiger partial charge in [0.25, 0.3) is 0 Å². The van der Waals surface area contributed by atoms with Gasteiger partial charge in [0.05, 0.1) is 18.8 Å². The van der Waals surface area contributed by atoms with Crippen LogP contribution in [0.2, 0.25) is 0 Å². The molecule has 0 bridgehead atoms. The second-order valence-corrected chi connectivity index (χ2v) is 5.33. The van der Waals surface area contributed by atoms with Gasteiger partial charge in [-0.2, -0.15) is 0 Å². The molecule has 0 saturated heterocycles. The minimum absolute atomic E-state index is 0.0551. The molecule has 0 aliphatic rings. The average Bonchev–Trinajstić information content (AvgIpc) is 2.54. The van der Waals surface area contributed by atoms with E-state index in [1.165, 1.54) is 5.56 Å². The SMILES string of the molecule is CCOc1ccccc1NC(=O)CN(CC)c1cccc(C)c1. The largest absolute Gasteiger partial charge is 0.492 e. The molecule has 4 heteroatoms. The Hall–Kier alpha value is -2.49. The first-order chi connectivity index (χ1) is 11.1. The van der Waals surface area contributed by atoms with Gasteiger partial charge in [0.2, 0.25) is 5.91 Å². The van der Waals surface area contributed by atoms with Gasteiger partial charge in [-0.1, -0.05) is 24.3 Å². The van der Waals surface area contributed by atoms with Gasteiger partial charge in [-0.25, -0.2) is 0 Å². The van der Waals surface area contributed by atoms with Gasteiger partial charge in [0, 0.05) is 12.2 Å². The van der Waals surface area contributed by atoms with Crippen molar-refractivity contribution in [3.05, 3.63) is 54.1 Å². The van der Waals surface area contributed by atoms with Crippen molar-refractivity contribution in [1.82, 2.24) is 0 Å². The molecule has 0 aromatic heterocycles. The molecule has 0 heterocycles. The van der Waals surface area contributed by atoms with Crippen LogP contribution in [0.5, 0.6) is 5.75 Å². The molecule has 2 aromatic carbocycles. The van der Waals surface area contributed by atoms with Gasteiger partial charge in [-0.3, -0.25) is 4.79 Å². The van der Waals surface area contributed by atoms with Crippen LogP contribution in [0.4, 0.5) is 11.4 Å². The standard InChI is InChI=1S/C19H24N2O2/c1-4-21(16-10-8-9-15(3)13-16)14-19(22)20-17-11-6-7-12-18(17)23-5-2/h6-13H,4-5,14H2,1-3H3,(H,20,22). The molecule has 0 radical (unpaired) electrons. The lowest BCUT2D eigenvalue weighted by Crippen LogP contribution is -2.33. The smallest absolute Gasteiger partial charge is 0.243 e. The van der Waals surface area contributed by atoms with Crippen molar-refractivity contribution >= 4 is 17.3 Å². The number of carbonyl (C=O) groups is 1. The molecule has 1 amide bonds. The monoisotopic (exact) mass is 312 g/mol. The van der Waals surface area contributed by atoms with Crippen molar-refractivity contribution < 1.29 is 9.53 Å². The number of rotatable bonds is 7. The molecule has 1 N–H and O–H groups in total. The zero-order chi connectivity index (χ0) is 16.7. The van der Waals surface area contributed by atoms with E-state index in [1.54, 1.807) is 0 Å². The summed E-state index contributed by atoms with van der Waals surface area (Å²) >= 11 is 0. The zero-order valence-electron chi connectivity index (χ0n) is 14.0. The molecule has 0 fully saturated rings. The summed E-state index contributed by atoms with van der Waals surface area (Å²) in [5.41, 5.74) is 2.95. The predicted octanol–water partition coefficient (Wildman–Crippen LogP) is 3.86. The highest BCUT2D eigenvalue weighted by Gasteiger charge is 2.12. The van der Waals surface area contributed by atoms with Crippen molar-refractivity contribution in [2.24, 2.45) is 0 Å². The van der Waals surface area contributed by atoms with Crippen molar-refractivity contribution in [2.75, 3.05) is 29.9 Å². The van der Waals surface area contributed by atoms with Crippen molar-refractivity contribution in [3.8, 4) is 5.75 Å². The number of para-hydroxylation sites is 2. The van der Waals surface area contributed by atoms with Gasteiger partial charge in [0.15, 0.2) is 0 Å². The maximum absolute atomic E-state index is 12.4. The molecule has 122 valence electrons. The van der Waals surface area contributed by atoms with Gasteiger partial charge >= 0.3 is 0 Å². The van der Waals surface area contributed by atoms with E-state index >= 15 is 0 Å². The number of carbonyl (C=O) groups excluding carboxylic acids is 1. The summed E-state index contributed by atoms with van der Waals surface area (Å²) in [7, 11) is 0. The summed E-state index contributed by atoms with van der Waals surface area (Å²) < 4.78 is 5.54. The summed E-state index contributed by atoms with van der Waals surface area (Å²) in [5.74, 6) is 0.641. The molecule has 2 aromatic rings. The Labute approximate surface area is 138 Å². The van der Waals surface area contributed by atoms with Crippen LogP contribution in [0.3, 0.4) is 0 Å². The summed E-state index contributed by atoms with van der Waals surface area (Å²) in [6, 6.07) is 15.7. The topological polar surface area (TPSA) is 41.6 Å². The number of hydrogen-bond acceptors (Lipinski definition) is 3. The molecule has 23 heavy (non-hydrogen) atoms. The molecule has 2 rings (SSSR count). The van der Waals surface area contributed by atoms with Crippen LogP contribution >= 0.6 is 0 Å². The van der Waals surface area contributed by atoms with E-state index in [4.69, 9.17) is 4.74 Å². The lowest BCUT2D eigenvalue weighted by molar-refractivity contribution is -0.115. The van der Waals surface area contributed by atoms with Crippen LogP contribution in [0.15, 0.2) is 48.5 Å². The first-order valence-corrected chi connectivity index (χ1v) is 7.97. The fourth-order valence-corrected chi connectivity index (χ4v) is 2.42. The van der Waals surface area contributed by atoms with Gasteiger partial charge in [0.1, 0.15) is 5.75 Å². The first kappa shape index (κ1) is 16.9. The fraction of sp³-hybridized carbons (Fsp3) is 0.316. The van der Waals surface area contributed by atoms with E-state index in [1.807, 2.05) is 55.1 Å². The highest BCUT2D eigenvalue weighted by molar-refractivity contribution is 5.95. The minimum Gasteiger partial charge on any atom is -0.492 e. The molecule has 0 aliphatic heterocycles. The highest BCUT2D eigenvalue weighted by atomic mass is 16.5. The Morgan fingerprint density at radius 3 is 2.61 bits per heavy atom. The second kappa shape index (κ2) is 8.22. The van der Waals surface area contributed by atoms with E-state index < -0.39 is 0 Å². The molecule has 0 atom stereocenters. The molecular formula is C19H24N2O2. The summed E-state index contributed by atoms with van der Waals surface area (Å²) in [6.45, 7) is 7.66. The van der Waals surface area contributed by atoms with Crippen LogP contribution < -0.4 is 15.0 Å². The summed E-state index contributed by atoms with van der Waals surface area (Å²) in [5, 5.41) is 2.94. The van der Waals surface area contributed by atoms with E-state index in [0.29, 0.717) is 24.6 Å². The Kier molecular flexibility index (Phi) is 6.03. The third kappa shape index (κ3) is 4.74. The number of benzene rings is 2. The number of ether oxygens (including phenoxy) is 1. The number of hydrogen-bond donors (Lipinski definition) is 1. The van der Waals surface area contributed by atoms with Crippen LogP contribution in [-0.2, 0) is 4.79 Å². The maximum atomic E-state index is 12.4. The third-order valence-electron chi connectivity index (χ3n) is 3.54. The van der Waals surface area contributed by atoms with Crippen LogP contribution in [-0.4, -0.2) is 25.6 Å². The Morgan fingerprint density at radius 2 is 1.91 bits per heavy atom. The van der Waals surface area contributed by atoms with E-state index in [2.05, 4.69) is 24.4 Å². The fourth-order valence-electron chi connectivity index (χ4n) is 2.42.